The summed E-state index contributed by atoms with van der Waals surface area (Å²) in [5.41, 5.74) is 1.00. The molecule has 0 aliphatic carbocycles. The minimum Gasteiger partial charge on any atom is -0.371 e. The lowest BCUT2D eigenvalue weighted by atomic mass is 10.0. The van der Waals surface area contributed by atoms with Gasteiger partial charge in [-0.15, -0.1) is 0 Å². The average molecular weight is 306 g/mol. The highest BCUT2D eigenvalue weighted by Crippen LogP contribution is 2.35. The molecule has 4 nitrogen and oxygen atoms in total. The first-order valence-corrected chi connectivity index (χ1v) is 7.44. The van der Waals surface area contributed by atoms with Gasteiger partial charge in [0.25, 0.3) is 0 Å². The summed E-state index contributed by atoms with van der Waals surface area (Å²) in [6.45, 7) is 2.71. The molecule has 2 saturated heterocycles. The van der Waals surface area contributed by atoms with Crippen LogP contribution in [0.2, 0.25) is 0 Å². The third-order valence-corrected chi connectivity index (χ3v) is 4.42. The van der Waals surface area contributed by atoms with Crippen LogP contribution in [-0.2, 0) is 9.47 Å². The Kier molecular flexibility index (Phi) is 3.23. The lowest BCUT2D eigenvalue weighted by Crippen LogP contribution is -2.45. The third-order valence-electron chi connectivity index (χ3n) is 4.42. The Morgan fingerprint density at radius 1 is 1.09 bits per heavy atom. The molecule has 2 aliphatic rings. The normalized spacial score (nSPS) is 20.9. The molecular weight excluding hydrogens is 290 g/mol. The van der Waals surface area contributed by atoms with Gasteiger partial charge in [-0.2, -0.15) is 0 Å². The first-order chi connectivity index (χ1) is 10.7. The highest BCUT2D eigenvalue weighted by atomic mass is 19.1. The van der Waals surface area contributed by atoms with Gasteiger partial charge in [-0.1, -0.05) is 0 Å². The summed E-state index contributed by atoms with van der Waals surface area (Å²) in [6.07, 6.45) is 3.05. The Bertz CT molecular complexity index is 707. The number of nitrogens with zero attached hydrogens (tertiary/aromatic N) is 2. The number of anilines is 1. The molecule has 1 spiro atoms. The van der Waals surface area contributed by atoms with Crippen LogP contribution in [-0.4, -0.2) is 37.1 Å². The van der Waals surface area contributed by atoms with Crippen LogP contribution in [0, 0.1) is 11.6 Å². The summed E-state index contributed by atoms with van der Waals surface area (Å²) in [7, 11) is 0. The number of piperidine rings is 1. The predicted octanol–water partition coefficient (Wildman–Crippen LogP) is 2.86. The zero-order valence-electron chi connectivity index (χ0n) is 12.0. The number of pyridine rings is 1. The first-order valence-electron chi connectivity index (χ1n) is 7.44. The molecule has 2 aromatic rings. The molecule has 4 rings (SSSR count). The van der Waals surface area contributed by atoms with Gasteiger partial charge >= 0.3 is 0 Å². The van der Waals surface area contributed by atoms with E-state index in [2.05, 4.69) is 9.88 Å². The van der Waals surface area contributed by atoms with Gasteiger partial charge in [0.2, 0.25) is 0 Å². The molecule has 116 valence electrons. The van der Waals surface area contributed by atoms with Crippen molar-refractivity contribution < 1.29 is 18.3 Å². The molecule has 0 saturated carbocycles. The largest absolute Gasteiger partial charge is 0.371 e. The zero-order valence-corrected chi connectivity index (χ0v) is 12.0. The lowest BCUT2D eigenvalue weighted by molar-refractivity contribution is -0.169. The molecule has 0 unspecified atom stereocenters. The van der Waals surface area contributed by atoms with Crippen LogP contribution in [0.4, 0.5) is 14.5 Å². The number of fused-ring (bicyclic) bond motifs is 1. The van der Waals surface area contributed by atoms with E-state index in [9.17, 15) is 8.78 Å². The molecule has 1 aromatic carbocycles. The molecule has 0 atom stereocenters. The summed E-state index contributed by atoms with van der Waals surface area (Å²) in [4.78, 5) is 6.14. The molecule has 2 aliphatic heterocycles. The van der Waals surface area contributed by atoms with E-state index in [1.54, 1.807) is 12.3 Å². The second-order valence-electron chi connectivity index (χ2n) is 5.71. The van der Waals surface area contributed by atoms with Crippen LogP contribution in [0.3, 0.4) is 0 Å². The first kappa shape index (κ1) is 13.8. The van der Waals surface area contributed by atoms with E-state index in [0.717, 1.165) is 37.7 Å². The maximum Gasteiger partial charge on any atom is 0.171 e. The number of rotatable bonds is 1. The highest BCUT2D eigenvalue weighted by Gasteiger charge is 2.40. The Hall–Kier alpha value is -1.79. The topological polar surface area (TPSA) is 34.6 Å². The van der Waals surface area contributed by atoms with Crippen molar-refractivity contribution in [2.75, 3.05) is 31.2 Å². The van der Waals surface area contributed by atoms with Crippen molar-refractivity contribution in [3.8, 4) is 0 Å². The fourth-order valence-electron chi connectivity index (χ4n) is 3.31. The molecule has 3 heterocycles. The smallest absolute Gasteiger partial charge is 0.171 e. The van der Waals surface area contributed by atoms with Crippen LogP contribution < -0.4 is 4.90 Å². The maximum absolute atomic E-state index is 13.9. The van der Waals surface area contributed by atoms with Gasteiger partial charge in [-0.25, -0.2) is 8.78 Å². The molecule has 22 heavy (non-hydrogen) atoms. The maximum atomic E-state index is 13.9. The Morgan fingerprint density at radius 3 is 2.55 bits per heavy atom. The number of halogens is 2. The predicted molar refractivity (Wildman–Crippen MR) is 77.7 cm³/mol. The average Bonchev–Trinajstić information content (AvgIpc) is 2.96. The summed E-state index contributed by atoms with van der Waals surface area (Å²) in [6, 6.07) is 4.01. The number of hydrogen-bond donors (Lipinski definition) is 0. The second-order valence-corrected chi connectivity index (χ2v) is 5.71. The van der Waals surface area contributed by atoms with Crippen LogP contribution >= 0.6 is 0 Å². The Labute approximate surface area is 126 Å². The van der Waals surface area contributed by atoms with E-state index >= 15 is 0 Å². The molecule has 0 bridgehead atoms. The lowest BCUT2D eigenvalue weighted by Gasteiger charge is -2.39. The summed E-state index contributed by atoms with van der Waals surface area (Å²) < 4.78 is 38.9. The van der Waals surface area contributed by atoms with E-state index in [-0.39, 0.29) is 5.52 Å². The van der Waals surface area contributed by atoms with E-state index in [1.165, 1.54) is 6.07 Å². The van der Waals surface area contributed by atoms with Crippen LogP contribution in [0.25, 0.3) is 10.9 Å². The Balaban J connectivity index is 1.67. The number of aromatic nitrogens is 1. The van der Waals surface area contributed by atoms with E-state index in [4.69, 9.17) is 9.47 Å². The second kappa shape index (κ2) is 5.14. The van der Waals surface area contributed by atoms with Gasteiger partial charge in [-0.05, 0) is 12.1 Å². The minimum atomic E-state index is -0.632. The molecular formula is C16H16F2N2O2. The minimum absolute atomic E-state index is 0.201. The van der Waals surface area contributed by atoms with Gasteiger partial charge in [-0.3, -0.25) is 4.98 Å². The van der Waals surface area contributed by atoms with Crippen molar-refractivity contribution in [1.29, 1.82) is 0 Å². The molecule has 2 fully saturated rings. The van der Waals surface area contributed by atoms with Crippen molar-refractivity contribution >= 4 is 16.6 Å². The van der Waals surface area contributed by atoms with E-state index in [1.807, 2.05) is 0 Å². The fourth-order valence-corrected chi connectivity index (χ4v) is 3.31. The number of hydrogen-bond acceptors (Lipinski definition) is 4. The van der Waals surface area contributed by atoms with Gasteiger partial charge in [0.15, 0.2) is 11.6 Å². The van der Waals surface area contributed by atoms with Crippen LogP contribution in [0.15, 0.2) is 24.4 Å². The molecule has 6 heteroatoms. The molecule has 0 radical (unpaired) electrons. The molecule has 0 amide bonds. The summed E-state index contributed by atoms with van der Waals surface area (Å²) >= 11 is 0. The highest BCUT2D eigenvalue weighted by molar-refractivity contribution is 5.92. The quantitative estimate of drug-likeness (QED) is 0.811. The fraction of sp³-hybridized carbons (Fsp3) is 0.438. The van der Waals surface area contributed by atoms with Gasteiger partial charge in [0.1, 0.15) is 11.3 Å². The molecule has 0 N–H and O–H groups in total. The van der Waals surface area contributed by atoms with E-state index < -0.39 is 17.4 Å². The summed E-state index contributed by atoms with van der Waals surface area (Å²) in [5.74, 6) is -1.68. The van der Waals surface area contributed by atoms with Crippen molar-refractivity contribution in [2.24, 2.45) is 0 Å². The van der Waals surface area contributed by atoms with E-state index in [0.29, 0.717) is 18.6 Å². The van der Waals surface area contributed by atoms with Crippen molar-refractivity contribution in [3.05, 3.63) is 36.0 Å². The third kappa shape index (κ3) is 2.23. The van der Waals surface area contributed by atoms with Crippen LogP contribution in [0.5, 0.6) is 0 Å². The zero-order chi connectivity index (χ0) is 15.2. The van der Waals surface area contributed by atoms with Gasteiger partial charge < -0.3 is 14.4 Å². The molecule has 1 aromatic heterocycles. The SMILES string of the molecule is Fc1cc(F)c2nccc(N3CCC4(CC3)OCCO4)c2c1. The Morgan fingerprint density at radius 2 is 1.82 bits per heavy atom. The monoisotopic (exact) mass is 306 g/mol. The van der Waals surface area contributed by atoms with Crippen molar-refractivity contribution in [3.63, 3.8) is 0 Å². The van der Waals surface area contributed by atoms with Crippen molar-refractivity contribution in [2.45, 2.75) is 18.6 Å². The van der Waals surface area contributed by atoms with Gasteiger partial charge in [0.05, 0.1) is 13.2 Å². The van der Waals surface area contributed by atoms with Crippen molar-refractivity contribution in [1.82, 2.24) is 4.98 Å². The number of benzene rings is 1. The van der Waals surface area contributed by atoms with Crippen LogP contribution in [0.1, 0.15) is 12.8 Å². The standard InChI is InChI=1S/C16H16F2N2O2/c17-11-9-12-14(1-4-19-15(12)13(18)10-11)20-5-2-16(3-6-20)21-7-8-22-16/h1,4,9-10H,2-3,5-8H2. The van der Waals surface area contributed by atoms with Gasteiger partial charge in [0, 0.05) is 49.3 Å². The number of ether oxygens (including phenoxy) is 2. The summed E-state index contributed by atoms with van der Waals surface area (Å²) in [5, 5.41) is 0.504.